The molecular weight excluding hydrogens is 230 g/mol. The molecule has 0 saturated heterocycles. The van der Waals surface area contributed by atoms with Crippen molar-refractivity contribution in [3.8, 4) is 11.5 Å². The average molecular weight is 250 g/mol. The van der Waals surface area contributed by atoms with Crippen molar-refractivity contribution in [3.05, 3.63) is 23.8 Å². The SMILES string of the molecule is CC(C)(C)c1cc(OCCCC([NH])=O)ccc1O. The molecule has 0 aliphatic heterocycles. The molecule has 0 saturated carbocycles. The van der Waals surface area contributed by atoms with Crippen LogP contribution in [-0.2, 0) is 10.2 Å². The number of carbonyl (C=O) groups is 1. The van der Waals surface area contributed by atoms with Crippen molar-refractivity contribution >= 4 is 5.91 Å². The van der Waals surface area contributed by atoms with E-state index in [1.54, 1.807) is 12.1 Å². The highest BCUT2D eigenvalue weighted by atomic mass is 16.5. The maximum Gasteiger partial charge on any atom is 0.238 e. The van der Waals surface area contributed by atoms with Gasteiger partial charge in [-0.05, 0) is 30.0 Å². The highest BCUT2D eigenvalue weighted by molar-refractivity contribution is 5.72. The maximum absolute atomic E-state index is 10.5. The minimum absolute atomic E-state index is 0.152. The smallest absolute Gasteiger partial charge is 0.238 e. The van der Waals surface area contributed by atoms with E-state index in [1.165, 1.54) is 0 Å². The number of hydrogen-bond acceptors (Lipinski definition) is 3. The van der Waals surface area contributed by atoms with Crippen molar-refractivity contribution in [2.45, 2.75) is 39.0 Å². The molecule has 0 heterocycles. The second-order valence-electron chi connectivity index (χ2n) is 5.30. The van der Waals surface area contributed by atoms with Crippen molar-refractivity contribution in [1.29, 1.82) is 0 Å². The zero-order chi connectivity index (χ0) is 13.8. The summed E-state index contributed by atoms with van der Waals surface area (Å²) in [6, 6.07) is 5.14. The Balaban J connectivity index is 2.65. The number of hydrogen-bond donors (Lipinski definition) is 1. The lowest BCUT2D eigenvalue weighted by Crippen LogP contribution is -2.11. The Bertz CT molecular complexity index is 422. The van der Waals surface area contributed by atoms with Crippen LogP contribution < -0.4 is 10.5 Å². The van der Waals surface area contributed by atoms with Crippen LogP contribution >= 0.6 is 0 Å². The standard InChI is InChI=1S/C14H20NO3/c1-14(2,3)11-9-10(6-7-12(11)16)18-8-4-5-13(15)17/h6-7,9,15-16H,4-5,8H2,1-3H3. The van der Waals surface area contributed by atoms with Gasteiger partial charge in [0.05, 0.1) is 6.61 Å². The van der Waals surface area contributed by atoms with E-state index in [0.717, 1.165) is 5.56 Å². The van der Waals surface area contributed by atoms with Crippen LogP contribution in [0.25, 0.3) is 0 Å². The van der Waals surface area contributed by atoms with Gasteiger partial charge in [0.25, 0.3) is 0 Å². The Morgan fingerprint density at radius 2 is 2.06 bits per heavy atom. The monoisotopic (exact) mass is 250 g/mol. The average Bonchev–Trinajstić information content (AvgIpc) is 2.24. The van der Waals surface area contributed by atoms with Crippen LogP contribution in [0.2, 0.25) is 0 Å². The third-order valence-corrected chi connectivity index (χ3v) is 2.59. The number of ether oxygens (including phenoxy) is 1. The summed E-state index contributed by atoms with van der Waals surface area (Å²) in [6.07, 6.45) is 0.748. The van der Waals surface area contributed by atoms with Crippen LogP contribution in [0.4, 0.5) is 0 Å². The quantitative estimate of drug-likeness (QED) is 0.817. The highest BCUT2D eigenvalue weighted by Crippen LogP contribution is 2.33. The third kappa shape index (κ3) is 4.28. The van der Waals surface area contributed by atoms with E-state index >= 15 is 0 Å². The molecule has 0 aliphatic rings. The Morgan fingerprint density at radius 1 is 1.39 bits per heavy atom. The van der Waals surface area contributed by atoms with Gasteiger partial charge in [-0.25, -0.2) is 0 Å². The molecule has 1 aromatic rings. The summed E-state index contributed by atoms with van der Waals surface area (Å²) in [5.41, 5.74) is 7.46. The number of phenolic OH excluding ortho intramolecular Hbond substituents is 1. The Morgan fingerprint density at radius 3 is 2.61 bits per heavy atom. The molecule has 18 heavy (non-hydrogen) atoms. The summed E-state index contributed by atoms with van der Waals surface area (Å²) in [5, 5.41) is 9.79. The van der Waals surface area contributed by atoms with E-state index in [2.05, 4.69) is 0 Å². The molecule has 0 fully saturated rings. The molecule has 99 valence electrons. The van der Waals surface area contributed by atoms with Gasteiger partial charge in [-0.15, -0.1) is 0 Å². The number of amides is 1. The van der Waals surface area contributed by atoms with E-state index in [0.29, 0.717) is 18.8 Å². The molecule has 1 aromatic carbocycles. The van der Waals surface area contributed by atoms with Gasteiger partial charge in [-0.2, -0.15) is 0 Å². The minimum Gasteiger partial charge on any atom is -0.508 e. The fourth-order valence-electron chi connectivity index (χ4n) is 1.63. The Labute approximate surface area is 108 Å². The van der Waals surface area contributed by atoms with Gasteiger partial charge < -0.3 is 9.84 Å². The summed E-state index contributed by atoms with van der Waals surface area (Å²) in [7, 11) is 0. The molecule has 0 bridgehead atoms. The molecule has 0 atom stereocenters. The number of aromatic hydroxyl groups is 1. The first-order valence-corrected chi connectivity index (χ1v) is 6.01. The van der Waals surface area contributed by atoms with Gasteiger partial charge in [0.2, 0.25) is 5.91 Å². The second kappa shape index (κ2) is 5.76. The van der Waals surface area contributed by atoms with Crippen LogP contribution in [0.5, 0.6) is 11.5 Å². The fourth-order valence-corrected chi connectivity index (χ4v) is 1.63. The van der Waals surface area contributed by atoms with Crippen molar-refractivity contribution in [2.24, 2.45) is 0 Å². The molecule has 0 aliphatic carbocycles. The molecule has 2 N–H and O–H groups in total. The number of benzene rings is 1. The van der Waals surface area contributed by atoms with Crippen molar-refractivity contribution in [1.82, 2.24) is 5.73 Å². The van der Waals surface area contributed by atoms with E-state index in [4.69, 9.17) is 10.5 Å². The van der Waals surface area contributed by atoms with Crippen LogP contribution in [0.15, 0.2) is 18.2 Å². The largest absolute Gasteiger partial charge is 0.508 e. The molecule has 0 unspecified atom stereocenters. The van der Waals surface area contributed by atoms with Crippen molar-refractivity contribution in [2.75, 3.05) is 6.61 Å². The zero-order valence-corrected chi connectivity index (χ0v) is 11.1. The molecule has 1 amide bonds. The lowest BCUT2D eigenvalue weighted by Gasteiger charge is -2.21. The molecular formula is C14H20NO3. The summed E-state index contributed by atoms with van der Waals surface area (Å²) in [5.74, 6) is 0.367. The Hall–Kier alpha value is -1.71. The van der Waals surface area contributed by atoms with E-state index in [-0.39, 0.29) is 17.6 Å². The maximum atomic E-state index is 10.5. The third-order valence-electron chi connectivity index (χ3n) is 2.59. The number of nitrogens with one attached hydrogen (secondary N) is 1. The number of rotatable bonds is 5. The summed E-state index contributed by atoms with van der Waals surface area (Å²) < 4.78 is 5.50. The lowest BCUT2D eigenvalue weighted by molar-refractivity contribution is -0.118. The number of carbonyl (C=O) groups excluding carboxylic acids is 1. The molecule has 0 aromatic heterocycles. The molecule has 1 rings (SSSR count). The molecule has 4 nitrogen and oxygen atoms in total. The summed E-state index contributed by atoms with van der Waals surface area (Å²) >= 11 is 0. The topological polar surface area (TPSA) is 70.3 Å². The molecule has 0 spiro atoms. The van der Waals surface area contributed by atoms with Gasteiger partial charge in [0, 0.05) is 12.0 Å². The van der Waals surface area contributed by atoms with Gasteiger partial charge >= 0.3 is 0 Å². The predicted molar refractivity (Wildman–Crippen MR) is 69.6 cm³/mol. The lowest BCUT2D eigenvalue weighted by atomic mass is 9.86. The first-order chi connectivity index (χ1) is 8.30. The fraction of sp³-hybridized carbons (Fsp3) is 0.500. The van der Waals surface area contributed by atoms with Crippen LogP contribution in [0.3, 0.4) is 0 Å². The van der Waals surface area contributed by atoms with E-state index in [1.807, 2.05) is 26.8 Å². The summed E-state index contributed by atoms with van der Waals surface area (Å²) in [4.78, 5) is 10.5. The number of phenols is 1. The van der Waals surface area contributed by atoms with Crippen LogP contribution in [-0.4, -0.2) is 17.6 Å². The van der Waals surface area contributed by atoms with Crippen molar-refractivity contribution < 1.29 is 14.6 Å². The summed E-state index contributed by atoms with van der Waals surface area (Å²) in [6.45, 7) is 6.46. The molecule has 1 radical (unpaired) electrons. The molecule has 4 heteroatoms. The Kier molecular flexibility index (Phi) is 4.59. The minimum atomic E-state index is -0.570. The first-order valence-electron chi connectivity index (χ1n) is 6.01. The van der Waals surface area contributed by atoms with E-state index in [9.17, 15) is 9.90 Å². The van der Waals surface area contributed by atoms with Gasteiger partial charge in [0.15, 0.2) is 0 Å². The van der Waals surface area contributed by atoms with Crippen LogP contribution in [0, 0.1) is 0 Å². The van der Waals surface area contributed by atoms with Gasteiger partial charge in [0.1, 0.15) is 11.5 Å². The first kappa shape index (κ1) is 14.4. The van der Waals surface area contributed by atoms with Gasteiger partial charge in [-0.1, -0.05) is 20.8 Å². The van der Waals surface area contributed by atoms with Crippen molar-refractivity contribution in [3.63, 3.8) is 0 Å². The second-order valence-corrected chi connectivity index (χ2v) is 5.30. The van der Waals surface area contributed by atoms with Gasteiger partial charge in [-0.3, -0.25) is 10.5 Å². The van der Waals surface area contributed by atoms with E-state index < -0.39 is 5.91 Å². The normalized spacial score (nSPS) is 11.3. The highest BCUT2D eigenvalue weighted by Gasteiger charge is 2.18. The predicted octanol–water partition coefficient (Wildman–Crippen LogP) is 2.66. The zero-order valence-electron chi connectivity index (χ0n) is 11.1. The van der Waals surface area contributed by atoms with Crippen LogP contribution in [0.1, 0.15) is 39.2 Å².